The predicted molar refractivity (Wildman–Crippen MR) is 92.6 cm³/mol. The van der Waals surface area contributed by atoms with Crippen molar-refractivity contribution in [2.24, 2.45) is 0 Å². The molecular formula is C21H12O4. The quantitative estimate of drug-likeness (QED) is 0.674. The number of aliphatic hydroxyl groups is 1. The van der Waals surface area contributed by atoms with Crippen molar-refractivity contribution in [3.63, 3.8) is 0 Å². The van der Waals surface area contributed by atoms with Gasteiger partial charge in [0.2, 0.25) is 0 Å². The molecule has 0 atom stereocenters. The van der Waals surface area contributed by atoms with E-state index < -0.39 is 0 Å². The summed E-state index contributed by atoms with van der Waals surface area (Å²) in [4.78, 5) is 36.9. The van der Waals surface area contributed by atoms with Crippen LogP contribution >= 0.6 is 0 Å². The van der Waals surface area contributed by atoms with Crippen LogP contribution in [-0.2, 0) is 0 Å². The molecule has 0 unspecified atom stereocenters. The monoisotopic (exact) mass is 328 g/mol. The normalized spacial score (nSPS) is 16.0. The molecule has 0 saturated carbocycles. The number of hydrogen-bond acceptors (Lipinski definition) is 4. The largest absolute Gasteiger partial charge is 0.507 e. The zero-order valence-corrected chi connectivity index (χ0v) is 13.0. The van der Waals surface area contributed by atoms with Crippen LogP contribution in [0.4, 0.5) is 0 Å². The van der Waals surface area contributed by atoms with E-state index in [1.54, 1.807) is 48.5 Å². The summed E-state index contributed by atoms with van der Waals surface area (Å²) >= 11 is 0. The molecule has 2 aliphatic carbocycles. The van der Waals surface area contributed by atoms with Crippen LogP contribution in [0.15, 0.2) is 77.9 Å². The molecule has 25 heavy (non-hydrogen) atoms. The summed E-state index contributed by atoms with van der Waals surface area (Å²) < 4.78 is 0. The van der Waals surface area contributed by atoms with Crippen molar-refractivity contribution >= 4 is 23.1 Å². The molecule has 4 nitrogen and oxygen atoms in total. The minimum atomic E-state index is -0.329. The minimum Gasteiger partial charge on any atom is -0.507 e. The highest BCUT2D eigenvalue weighted by molar-refractivity contribution is 6.39. The van der Waals surface area contributed by atoms with E-state index in [4.69, 9.17) is 0 Å². The van der Waals surface area contributed by atoms with Gasteiger partial charge in [0.1, 0.15) is 5.76 Å². The lowest BCUT2D eigenvalue weighted by molar-refractivity contribution is 0.0986. The minimum absolute atomic E-state index is 0.0560. The molecular weight excluding hydrogens is 316 g/mol. The molecule has 0 heterocycles. The highest BCUT2D eigenvalue weighted by atomic mass is 16.3. The number of ketones is 3. The maximum absolute atomic E-state index is 12.3. The van der Waals surface area contributed by atoms with Gasteiger partial charge in [-0.1, -0.05) is 54.6 Å². The summed E-state index contributed by atoms with van der Waals surface area (Å²) in [7, 11) is 0. The van der Waals surface area contributed by atoms with E-state index in [9.17, 15) is 19.5 Å². The first-order valence-electron chi connectivity index (χ1n) is 7.73. The molecule has 2 aliphatic rings. The highest BCUT2D eigenvalue weighted by Gasteiger charge is 2.32. The second-order valence-electron chi connectivity index (χ2n) is 5.78. The molecule has 2 aromatic rings. The van der Waals surface area contributed by atoms with Crippen LogP contribution in [0.5, 0.6) is 0 Å². The van der Waals surface area contributed by atoms with Gasteiger partial charge >= 0.3 is 0 Å². The molecule has 4 heteroatoms. The fourth-order valence-electron chi connectivity index (χ4n) is 3.10. The summed E-state index contributed by atoms with van der Waals surface area (Å²) in [5, 5.41) is 10.2. The highest BCUT2D eigenvalue weighted by Crippen LogP contribution is 2.31. The van der Waals surface area contributed by atoms with E-state index in [0.717, 1.165) is 0 Å². The molecule has 0 radical (unpaired) electrons. The molecule has 2 aromatic carbocycles. The molecule has 1 N–H and O–H groups in total. The number of rotatable bonds is 2. The second-order valence-corrected chi connectivity index (χ2v) is 5.78. The van der Waals surface area contributed by atoms with E-state index in [-0.39, 0.29) is 34.3 Å². The van der Waals surface area contributed by atoms with Gasteiger partial charge in [-0.3, -0.25) is 14.4 Å². The van der Waals surface area contributed by atoms with Crippen LogP contribution < -0.4 is 0 Å². The lowest BCUT2D eigenvalue weighted by atomic mass is 10.1. The van der Waals surface area contributed by atoms with Crippen LogP contribution in [0, 0.1) is 0 Å². The van der Waals surface area contributed by atoms with E-state index in [0.29, 0.717) is 22.3 Å². The molecule has 0 fully saturated rings. The molecule has 0 aliphatic heterocycles. The zero-order valence-electron chi connectivity index (χ0n) is 13.0. The SMILES string of the molecule is O=C1C(=C/C=C/C2=C(O)c3ccccc3C2=O)C(=O)c2ccccc21. The molecule has 0 spiro atoms. The third-order valence-electron chi connectivity index (χ3n) is 4.36. The summed E-state index contributed by atoms with van der Waals surface area (Å²) in [5.74, 6) is -1.04. The van der Waals surface area contributed by atoms with E-state index >= 15 is 0 Å². The number of Topliss-reactive ketones (excluding diaryl/α,β-unsaturated/α-hetero) is 3. The fourth-order valence-corrected chi connectivity index (χ4v) is 3.10. The first-order valence-corrected chi connectivity index (χ1v) is 7.73. The molecule has 4 rings (SSSR count). The van der Waals surface area contributed by atoms with Gasteiger partial charge in [-0.2, -0.15) is 0 Å². The predicted octanol–water partition coefficient (Wildman–Crippen LogP) is 3.71. The summed E-state index contributed by atoms with van der Waals surface area (Å²) in [6, 6.07) is 13.4. The standard InChI is InChI=1S/C21H12O4/c22-18-12-6-1-2-7-13(12)19(23)16(18)10-5-11-17-20(24)14-8-3-4-9-15(14)21(17)25/h1-11,22H/b10-5+. The Bertz CT molecular complexity index is 1010. The number of carbonyl (C=O) groups excluding carboxylic acids is 3. The number of benzene rings is 2. The Morgan fingerprint density at radius 3 is 1.68 bits per heavy atom. The average Bonchev–Trinajstić information content (AvgIpc) is 3.03. The van der Waals surface area contributed by atoms with Crippen molar-refractivity contribution in [2.75, 3.05) is 0 Å². The number of carbonyl (C=O) groups is 3. The summed E-state index contributed by atoms with van der Waals surface area (Å²) in [5.41, 5.74) is 1.90. The van der Waals surface area contributed by atoms with E-state index in [1.807, 2.05) is 0 Å². The smallest absolute Gasteiger partial charge is 0.197 e. The Labute approximate surface area is 143 Å². The van der Waals surface area contributed by atoms with Crippen molar-refractivity contribution < 1.29 is 19.5 Å². The van der Waals surface area contributed by atoms with Crippen molar-refractivity contribution in [3.8, 4) is 0 Å². The topological polar surface area (TPSA) is 71.4 Å². The van der Waals surface area contributed by atoms with Crippen LogP contribution in [0.3, 0.4) is 0 Å². The van der Waals surface area contributed by atoms with Gasteiger partial charge in [0, 0.05) is 22.3 Å². The van der Waals surface area contributed by atoms with Crippen molar-refractivity contribution in [1.29, 1.82) is 0 Å². The summed E-state index contributed by atoms with van der Waals surface area (Å²) in [6.45, 7) is 0. The van der Waals surface area contributed by atoms with Gasteiger partial charge in [0.15, 0.2) is 17.3 Å². The maximum Gasteiger partial charge on any atom is 0.197 e. The molecule has 0 saturated heterocycles. The Morgan fingerprint density at radius 2 is 1.16 bits per heavy atom. The zero-order chi connectivity index (χ0) is 17.6. The lowest BCUT2D eigenvalue weighted by Crippen LogP contribution is -2.00. The van der Waals surface area contributed by atoms with E-state index in [1.165, 1.54) is 18.2 Å². The van der Waals surface area contributed by atoms with Gasteiger partial charge in [0.05, 0.1) is 11.1 Å². The molecule has 0 amide bonds. The Balaban J connectivity index is 1.66. The first-order chi connectivity index (χ1) is 12.1. The van der Waals surface area contributed by atoms with Crippen molar-refractivity contribution in [1.82, 2.24) is 0 Å². The van der Waals surface area contributed by atoms with Gasteiger partial charge in [0.25, 0.3) is 0 Å². The third-order valence-corrected chi connectivity index (χ3v) is 4.36. The maximum atomic E-state index is 12.3. The Kier molecular flexibility index (Phi) is 3.32. The van der Waals surface area contributed by atoms with Crippen LogP contribution in [0.25, 0.3) is 5.76 Å². The van der Waals surface area contributed by atoms with Crippen LogP contribution in [0.1, 0.15) is 36.6 Å². The van der Waals surface area contributed by atoms with Gasteiger partial charge in [-0.05, 0) is 12.2 Å². The number of fused-ring (bicyclic) bond motifs is 2. The second kappa shape index (κ2) is 5.53. The number of aliphatic hydroxyl groups excluding tert-OH is 1. The third kappa shape index (κ3) is 2.19. The Morgan fingerprint density at radius 1 is 0.680 bits per heavy atom. The van der Waals surface area contributed by atoms with Crippen LogP contribution in [0.2, 0.25) is 0 Å². The lowest BCUT2D eigenvalue weighted by Gasteiger charge is -1.95. The Hall–Kier alpha value is -3.53. The van der Waals surface area contributed by atoms with Crippen molar-refractivity contribution in [2.45, 2.75) is 0 Å². The summed E-state index contributed by atoms with van der Waals surface area (Å²) in [6.07, 6.45) is 4.27. The molecule has 0 bridgehead atoms. The average molecular weight is 328 g/mol. The van der Waals surface area contributed by atoms with Gasteiger partial charge in [-0.25, -0.2) is 0 Å². The van der Waals surface area contributed by atoms with E-state index in [2.05, 4.69) is 0 Å². The van der Waals surface area contributed by atoms with Crippen molar-refractivity contribution in [3.05, 3.63) is 100 Å². The molecule has 120 valence electrons. The van der Waals surface area contributed by atoms with Gasteiger partial charge in [-0.15, -0.1) is 0 Å². The fraction of sp³-hybridized carbons (Fsp3) is 0. The van der Waals surface area contributed by atoms with Crippen LogP contribution in [-0.4, -0.2) is 22.5 Å². The number of allylic oxidation sites excluding steroid dienone is 5. The number of hydrogen-bond donors (Lipinski definition) is 1. The molecule has 0 aromatic heterocycles. The first kappa shape index (κ1) is 15.0. The van der Waals surface area contributed by atoms with Gasteiger partial charge < -0.3 is 5.11 Å².